The number of carbonyl (C=O) groups excluding carboxylic acids is 1. The lowest BCUT2D eigenvalue weighted by Crippen LogP contribution is -2.23. The van der Waals surface area contributed by atoms with E-state index in [1.54, 1.807) is 12.4 Å². The summed E-state index contributed by atoms with van der Waals surface area (Å²) in [5.74, 6) is 0.307. The van der Waals surface area contributed by atoms with Crippen molar-refractivity contribution < 1.29 is 9.53 Å². The van der Waals surface area contributed by atoms with Gasteiger partial charge in [-0.2, -0.15) is 0 Å². The van der Waals surface area contributed by atoms with Crippen LogP contribution in [-0.2, 0) is 17.8 Å². The van der Waals surface area contributed by atoms with Crippen LogP contribution in [0, 0.1) is 5.92 Å². The highest BCUT2D eigenvalue weighted by Gasteiger charge is 2.31. The summed E-state index contributed by atoms with van der Waals surface area (Å²) in [4.78, 5) is 20.9. The summed E-state index contributed by atoms with van der Waals surface area (Å²) >= 11 is 0. The Balaban J connectivity index is 1.40. The number of aromatic amines is 1. The Bertz CT molecular complexity index is 1190. The number of para-hydroxylation sites is 1. The van der Waals surface area contributed by atoms with E-state index in [1.807, 2.05) is 60.7 Å². The number of ether oxygens (including phenoxy) is 1. The summed E-state index contributed by atoms with van der Waals surface area (Å²) in [7, 11) is 0. The molecule has 2 aromatic heterocycles. The SMILES string of the molecule is O=C1CC(COCc2ccccc2)Cc2[nH]c(-c3ccncc3)c(Nc3ccccc3)c21. The van der Waals surface area contributed by atoms with E-state index >= 15 is 0 Å². The average molecular weight is 424 g/mol. The predicted octanol–water partition coefficient (Wildman–Crippen LogP) is 5.78. The van der Waals surface area contributed by atoms with Crippen LogP contribution in [0.25, 0.3) is 11.3 Å². The number of nitrogens with zero attached hydrogens (tertiary/aromatic N) is 1. The number of hydrogen-bond acceptors (Lipinski definition) is 4. The van der Waals surface area contributed by atoms with E-state index in [2.05, 4.69) is 27.4 Å². The van der Waals surface area contributed by atoms with E-state index in [0.717, 1.165) is 45.9 Å². The van der Waals surface area contributed by atoms with Crippen LogP contribution in [-0.4, -0.2) is 22.4 Å². The Morgan fingerprint density at radius 1 is 0.938 bits per heavy atom. The molecule has 0 aliphatic heterocycles. The fraction of sp³-hybridized carbons (Fsp3) is 0.185. The van der Waals surface area contributed by atoms with Gasteiger partial charge in [0.1, 0.15) is 0 Å². The summed E-state index contributed by atoms with van der Waals surface area (Å²) in [5.41, 5.74) is 6.58. The van der Waals surface area contributed by atoms with Crippen LogP contribution in [0.2, 0.25) is 0 Å². The van der Waals surface area contributed by atoms with E-state index in [0.29, 0.717) is 19.6 Å². The highest BCUT2D eigenvalue weighted by Crippen LogP contribution is 2.39. The molecule has 0 fully saturated rings. The third-order valence-electron chi connectivity index (χ3n) is 5.80. The van der Waals surface area contributed by atoms with Crippen molar-refractivity contribution in [1.82, 2.24) is 9.97 Å². The highest BCUT2D eigenvalue weighted by atomic mass is 16.5. The van der Waals surface area contributed by atoms with Crippen LogP contribution in [0.5, 0.6) is 0 Å². The van der Waals surface area contributed by atoms with Crippen LogP contribution in [0.1, 0.15) is 28.0 Å². The summed E-state index contributed by atoms with van der Waals surface area (Å²) in [6, 6.07) is 24.0. The number of ketones is 1. The molecule has 32 heavy (non-hydrogen) atoms. The normalized spacial score (nSPS) is 15.4. The zero-order valence-corrected chi connectivity index (χ0v) is 17.8. The van der Waals surface area contributed by atoms with E-state index in [9.17, 15) is 4.79 Å². The smallest absolute Gasteiger partial charge is 0.167 e. The standard InChI is InChI=1S/C27H25N3O2/c31-24-16-20(18-32-17-19-7-3-1-4-8-19)15-23-25(24)27(29-22-9-5-2-6-10-22)26(30-23)21-11-13-28-14-12-21/h1-14,20,29-30H,15-18H2. The van der Waals surface area contributed by atoms with Crippen LogP contribution in [0.3, 0.4) is 0 Å². The molecular weight excluding hydrogens is 398 g/mol. The van der Waals surface area contributed by atoms with Crippen molar-refractivity contribution in [3.63, 3.8) is 0 Å². The molecule has 5 rings (SSSR count). The number of rotatable bonds is 7. The summed E-state index contributed by atoms with van der Waals surface area (Å²) in [6.45, 7) is 1.12. The molecule has 0 saturated carbocycles. The van der Waals surface area contributed by atoms with E-state index in [-0.39, 0.29) is 11.7 Å². The second-order valence-electron chi connectivity index (χ2n) is 8.15. The largest absolute Gasteiger partial charge is 0.376 e. The van der Waals surface area contributed by atoms with Crippen molar-refractivity contribution in [1.29, 1.82) is 0 Å². The summed E-state index contributed by atoms with van der Waals surface area (Å²) in [6.07, 6.45) is 4.80. The first kappa shape index (κ1) is 20.2. The van der Waals surface area contributed by atoms with Gasteiger partial charge in [0.15, 0.2) is 5.78 Å². The van der Waals surface area contributed by atoms with Crippen molar-refractivity contribution in [2.24, 2.45) is 5.92 Å². The van der Waals surface area contributed by atoms with Gasteiger partial charge in [0.05, 0.1) is 30.2 Å². The highest BCUT2D eigenvalue weighted by molar-refractivity contribution is 6.07. The Morgan fingerprint density at radius 3 is 2.41 bits per heavy atom. The first-order valence-electron chi connectivity index (χ1n) is 10.9. The quantitative estimate of drug-likeness (QED) is 0.395. The second kappa shape index (κ2) is 9.20. The van der Waals surface area contributed by atoms with Crippen molar-refractivity contribution in [2.45, 2.75) is 19.4 Å². The van der Waals surface area contributed by atoms with E-state index in [1.165, 1.54) is 0 Å². The third kappa shape index (κ3) is 4.34. The van der Waals surface area contributed by atoms with Gasteiger partial charge >= 0.3 is 0 Å². The van der Waals surface area contributed by atoms with Gasteiger partial charge in [0.25, 0.3) is 0 Å². The number of pyridine rings is 1. The lowest BCUT2D eigenvalue weighted by atomic mass is 9.86. The van der Waals surface area contributed by atoms with Crippen LogP contribution < -0.4 is 5.32 Å². The van der Waals surface area contributed by atoms with E-state index < -0.39 is 0 Å². The lowest BCUT2D eigenvalue weighted by Gasteiger charge is -2.22. The molecule has 0 radical (unpaired) electrons. The number of hydrogen-bond donors (Lipinski definition) is 2. The topological polar surface area (TPSA) is 67.0 Å². The molecule has 0 spiro atoms. The molecule has 1 aliphatic rings. The number of aromatic nitrogens is 2. The molecule has 5 nitrogen and oxygen atoms in total. The minimum absolute atomic E-state index is 0.148. The number of Topliss-reactive ketones (excluding diaryl/α,β-unsaturated/α-hetero) is 1. The molecule has 4 aromatic rings. The zero-order chi connectivity index (χ0) is 21.8. The Labute approximate surface area is 187 Å². The maximum Gasteiger partial charge on any atom is 0.167 e. The lowest BCUT2D eigenvalue weighted by molar-refractivity contribution is 0.0714. The Hall–Kier alpha value is -3.70. The molecule has 0 saturated heterocycles. The number of nitrogens with one attached hydrogen (secondary N) is 2. The molecule has 1 unspecified atom stereocenters. The first-order chi connectivity index (χ1) is 15.8. The molecular formula is C27H25N3O2. The van der Waals surface area contributed by atoms with Crippen molar-refractivity contribution in [3.8, 4) is 11.3 Å². The van der Waals surface area contributed by atoms with Gasteiger partial charge in [-0.3, -0.25) is 9.78 Å². The number of carbonyl (C=O) groups is 1. The maximum atomic E-state index is 13.3. The predicted molar refractivity (Wildman–Crippen MR) is 126 cm³/mol. The monoisotopic (exact) mass is 423 g/mol. The van der Waals surface area contributed by atoms with Crippen molar-refractivity contribution in [2.75, 3.05) is 11.9 Å². The minimum atomic E-state index is 0.148. The van der Waals surface area contributed by atoms with Gasteiger partial charge in [-0.15, -0.1) is 0 Å². The second-order valence-corrected chi connectivity index (χ2v) is 8.15. The third-order valence-corrected chi connectivity index (χ3v) is 5.80. The number of benzene rings is 2. The van der Waals surface area contributed by atoms with Crippen LogP contribution in [0.15, 0.2) is 85.2 Å². The molecule has 0 amide bonds. The van der Waals surface area contributed by atoms with Crippen LogP contribution >= 0.6 is 0 Å². The Kier molecular flexibility index (Phi) is 5.81. The molecule has 5 heteroatoms. The average Bonchev–Trinajstić information content (AvgIpc) is 3.20. The van der Waals surface area contributed by atoms with Gasteiger partial charge in [-0.25, -0.2) is 0 Å². The molecule has 1 atom stereocenters. The molecule has 0 bridgehead atoms. The van der Waals surface area contributed by atoms with Gasteiger partial charge in [-0.05, 0) is 42.2 Å². The Morgan fingerprint density at radius 2 is 1.66 bits per heavy atom. The minimum Gasteiger partial charge on any atom is -0.376 e. The van der Waals surface area contributed by atoms with E-state index in [4.69, 9.17) is 4.74 Å². The molecule has 160 valence electrons. The fourth-order valence-electron chi connectivity index (χ4n) is 4.30. The van der Waals surface area contributed by atoms with Crippen molar-refractivity contribution in [3.05, 3.63) is 102 Å². The van der Waals surface area contributed by atoms with Gasteiger partial charge in [0, 0.05) is 35.8 Å². The maximum absolute atomic E-state index is 13.3. The fourth-order valence-corrected chi connectivity index (χ4v) is 4.30. The summed E-state index contributed by atoms with van der Waals surface area (Å²) in [5, 5.41) is 3.49. The van der Waals surface area contributed by atoms with Gasteiger partial charge in [0.2, 0.25) is 0 Å². The molecule has 2 heterocycles. The van der Waals surface area contributed by atoms with Gasteiger partial charge in [-0.1, -0.05) is 48.5 Å². The molecule has 2 aromatic carbocycles. The number of fused-ring (bicyclic) bond motifs is 1. The number of anilines is 2. The first-order valence-corrected chi connectivity index (χ1v) is 10.9. The van der Waals surface area contributed by atoms with Crippen LogP contribution in [0.4, 0.5) is 11.4 Å². The molecule has 2 N–H and O–H groups in total. The summed E-state index contributed by atoms with van der Waals surface area (Å²) < 4.78 is 5.95. The van der Waals surface area contributed by atoms with Crippen molar-refractivity contribution >= 4 is 17.2 Å². The zero-order valence-electron chi connectivity index (χ0n) is 17.8. The van der Waals surface area contributed by atoms with Gasteiger partial charge < -0.3 is 15.0 Å². The number of H-pyrrole nitrogens is 1. The molecule has 1 aliphatic carbocycles.